The van der Waals surface area contributed by atoms with Crippen molar-refractivity contribution in [2.24, 2.45) is 11.7 Å². The molecule has 1 aliphatic carbocycles. The minimum atomic E-state index is -1.89. The maximum Gasteiger partial charge on any atom is 0.331 e. The van der Waals surface area contributed by atoms with Gasteiger partial charge in [-0.15, -0.1) is 0 Å². The number of nitro benzene ring substituents is 1. The molecule has 1 fully saturated rings. The minimum absolute atomic E-state index is 0.0246. The van der Waals surface area contributed by atoms with Gasteiger partial charge in [0.05, 0.1) is 24.7 Å². The summed E-state index contributed by atoms with van der Waals surface area (Å²) in [6, 6.07) is 10.7. The molecule has 2 amide bonds. The molecule has 1 saturated carbocycles. The van der Waals surface area contributed by atoms with Crippen molar-refractivity contribution < 1.29 is 38.4 Å². The molecule has 2 aromatic carbocycles. The highest BCUT2D eigenvalue weighted by atomic mass is 16.6. The lowest BCUT2D eigenvalue weighted by Gasteiger charge is -2.40. The lowest BCUT2D eigenvalue weighted by Crippen LogP contribution is -2.64. The molecule has 236 valence electrons. The number of nitrogens with zero attached hydrogens (tertiary/aromatic N) is 1. The summed E-state index contributed by atoms with van der Waals surface area (Å²) in [7, 11) is 0. The number of nitrogens with two attached hydrogens (primary N) is 1. The Hall–Kier alpha value is -4.49. The highest BCUT2D eigenvalue weighted by Crippen LogP contribution is 2.33. The van der Waals surface area contributed by atoms with Crippen LogP contribution in [-0.4, -0.2) is 65.1 Å². The van der Waals surface area contributed by atoms with Crippen molar-refractivity contribution in [1.82, 2.24) is 10.6 Å². The van der Waals surface area contributed by atoms with E-state index in [1.165, 1.54) is 32.0 Å². The van der Waals surface area contributed by atoms with Gasteiger partial charge in [-0.05, 0) is 44.2 Å². The van der Waals surface area contributed by atoms with Crippen molar-refractivity contribution in [3.05, 3.63) is 75.8 Å². The Kier molecular flexibility index (Phi) is 12.2. The highest BCUT2D eigenvalue weighted by molar-refractivity contribution is 6.44. The fraction of sp³-hybridized carbons (Fsp3) is 0.452. The summed E-state index contributed by atoms with van der Waals surface area (Å²) in [4.78, 5) is 76.3. The van der Waals surface area contributed by atoms with Crippen LogP contribution in [0.2, 0.25) is 0 Å². The van der Waals surface area contributed by atoms with Gasteiger partial charge in [-0.2, -0.15) is 0 Å². The molecule has 0 spiro atoms. The molecule has 13 nitrogen and oxygen atoms in total. The molecule has 3 unspecified atom stereocenters. The van der Waals surface area contributed by atoms with Crippen LogP contribution in [0.25, 0.3) is 0 Å². The second-order valence-corrected chi connectivity index (χ2v) is 10.8. The van der Waals surface area contributed by atoms with Crippen LogP contribution in [0.3, 0.4) is 0 Å². The van der Waals surface area contributed by atoms with Gasteiger partial charge in [0.25, 0.3) is 11.6 Å². The van der Waals surface area contributed by atoms with E-state index in [2.05, 4.69) is 10.6 Å². The first kappa shape index (κ1) is 34.0. The Morgan fingerprint density at radius 2 is 1.70 bits per heavy atom. The van der Waals surface area contributed by atoms with Crippen LogP contribution in [0.15, 0.2) is 54.6 Å². The number of rotatable bonds is 15. The third-order valence-electron chi connectivity index (χ3n) is 7.67. The van der Waals surface area contributed by atoms with Gasteiger partial charge in [-0.25, -0.2) is 4.79 Å². The van der Waals surface area contributed by atoms with E-state index >= 15 is 0 Å². The summed E-state index contributed by atoms with van der Waals surface area (Å²) in [5.74, 6) is -5.35. The average Bonchev–Trinajstić information content (AvgIpc) is 3.04. The Labute approximate surface area is 255 Å². The number of benzene rings is 2. The van der Waals surface area contributed by atoms with Gasteiger partial charge in [0.15, 0.2) is 6.04 Å². The molecule has 13 heteroatoms. The summed E-state index contributed by atoms with van der Waals surface area (Å²) in [5, 5.41) is 16.6. The van der Waals surface area contributed by atoms with Gasteiger partial charge in [-0.1, -0.05) is 55.7 Å². The van der Waals surface area contributed by atoms with E-state index in [1.807, 2.05) is 6.07 Å². The zero-order valence-electron chi connectivity index (χ0n) is 24.8. The van der Waals surface area contributed by atoms with Crippen LogP contribution in [0.4, 0.5) is 5.69 Å². The van der Waals surface area contributed by atoms with E-state index in [4.69, 9.17) is 15.2 Å². The van der Waals surface area contributed by atoms with Crippen LogP contribution in [0.1, 0.15) is 61.9 Å². The Balaban J connectivity index is 1.88. The number of nitrogens with one attached hydrogen (secondary N) is 2. The highest BCUT2D eigenvalue weighted by Gasteiger charge is 2.45. The number of hydrogen-bond donors (Lipinski definition) is 3. The molecule has 3 atom stereocenters. The Morgan fingerprint density at radius 3 is 2.34 bits per heavy atom. The molecule has 0 heterocycles. The smallest absolute Gasteiger partial charge is 0.331 e. The number of esters is 1. The van der Waals surface area contributed by atoms with Crippen LogP contribution in [-0.2, 0) is 35.3 Å². The summed E-state index contributed by atoms with van der Waals surface area (Å²) >= 11 is 0. The molecule has 0 aromatic heterocycles. The van der Waals surface area contributed by atoms with Gasteiger partial charge in [0, 0.05) is 17.7 Å². The molecule has 0 radical (unpaired) electrons. The first-order valence-electron chi connectivity index (χ1n) is 14.5. The number of ether oxygens (including phenoxy) is 2. The van der Waals surface area contributed by atoms with E-state index in [-0.39, 0.29) is 30.4 Å². The Morgan fingerprint density at radius 1 is 1.02 bits per heavy atom. The second kappa shape index (κ2) is 15.8. The normalized spacial score (nSPS) is 16.1. The molecular weight excluding hydrogens is 572 g/mol. The predicted octanol–water partition coefficient (Wildman–Crippen LogP) is 2.39. The topological polar surface area (TPSA) is 197 Å². The quantitative estimate of drug-likeness (QED) is 0.0885. The summed E-state index contributed by atoms with van der Waals surface area (Å²) < 4.78 is 10.5. The minimum Gasteiger partial charge on any atom is -0.464 e. The van der Waals surface area contributed by atoms with Crippen LogP contribution in [0.5, 0.6) is 0 Å². The fourth-order valence-corrected chi connectivity index (χ4v) is 5.12. The van der Waals surface area contributed by atoms with Crippen molar-refractivity contribution in [3.63, 3.8) is 0 Å². The van der Waals surface area contributed by atoms with E-state index < -0.39 is 58.5 Å². The fourth-order valence-electron chi connectivity index (χ4n) is 5.12. The first-order valence-corrected chi connectivity index (χ1v) is 14.5. The molecule has 4 N–H and O–H groups in total. The zero-order chi connectivity index (χ0) is 32.3. The third-order valence-corrected chi connectivity index (χ3v) is 7.67. The lowest BCUT2D eigenvalue weighted by molar-refractivity contribution is -0.384. The van der Waals surface area contributed by atoms with Crippen LogP contribution >= 0.6 is 0 Å². The van der Waals surface area contributed by atoms with E-state index in [0.717, 1.165) is 30.9 Å². The molecular formula is C31H38N4O9. The molecule has 0 aliphatic heterocycles. The number of carbonyl (C=O) groups excluding carboxylic acids is 5. The van der Waals surface area contributed by atoms with Crippen molar-refractivity contribution in [3.8, 4) is 0 Å². The van der Waals surface area contributed by atoms with Gasteiger partial charge in [-0.3, -0.25) is 29.3 Å². The number of Topliss-reactive ketones (excluding diaryl/α,β-unsaturated/α-hetero) is 2. The largest absolute Gasteiger partial charge is 0.464 e. The number of ketones is 2. The summed E-state index contributed by atoms with van der Waals surface area (Å²) in [6.07, 6.45) is 3.73. The van der Waals surface area contributed by atoms with Gasteiger partial charge in [0.1, 0.15) is 11.6 Å². The van der Waals surface area contributed by atoms with Crippen molar-refractivity contribution in [2.45, 2.75) is 70.2 Å². The molecule has 0 bridgehead atoms. The van der Waals surface area contributed by atoms with E-state index in [0.29, 0.717) is 12.8 Å². The standard InChI is InChI=1S/C31H38N4O9/c1-3-44-29(39)25(32)27(37)26(36)24(19-43-18-20-11-6-4-7-12-20)33-30(40)31(2,22-14-8-5-9-15-22)34-28(38)21-13-10-16-23(17-21)35(41)42/h4,6-7,10-13,16-17,22,24-25H,3,5,8-9,14-15,18-19,32H2,1-2H3,(H,33,40)(H,34,38). The van der Waals surface area contributed by atoms with Gasteiger partial charge < -0.3 is 25.8 Å². The molecule has 3 rings (SSSR count). The van der Waals surface area contributed by atoms with Gasteiger partial charge >= 0.3 is 5.97 Å². The van der Waals surface area contributed by atoms with Gasteiger partial charge in [0.2, 0.25) is 17.5 Å². The van der Waals surface area contributed by atoms with Crippen molar-refractivity contribution in [2.75, 3.05) is 13.2 Å². The molecule has 0 saturated heterocycles. The maximum absolute atomic E-state index is 14.0. The lowest BCUT2D eigenvalue weighted by atomic mass is 9.74. The van der Waals surface area contributed by atoms with E-state index in [1.54, 1.807) is 24.3 Å². The average molecular weight is 611 g/mol. The van der Waals surface area contributed by atoms with Crippen LogP contribution < -0.4 is 16.4 Å². The third kappa shape index (κ3) is 8.77. The molecule has 2 aromatic rings. The number of carbonyl (C=O) groups is 5. The monoisotopic (exact) mass is 610 g/mol. The maximum atomic E-state index is 14.0. The Bertz CT molecular complexity index is 1360. The first-order chi connectivity index (χ1) is 21.0. The van der Waals surface area contributed by atoms with E-state index in [9.17, 15) is 34.1 Å². The second-order valence-electron chi connectivity index (χ2n) is 10.8. The number of amides is 2. The summed E-state index contributed by atoms with van der Waals surface area (Å²) in [6.45, 7) is 2.61. The van der Waals surface area contributed by atoms with Crippen molar-refractivity contribution in [1.29, 1.82) is 0 Å². The summed E-state index contributed by atoms with van der Waals surface area (Å²) in [5.41, 5.74) is 4.58. The van der Waals surface area contributed by atoms with Crippen LogP contribution in [0, 0.1) is 16.0 Å². The molecule has 44 heavy (non-hydrogen) atoms. The van der Waals surface area contributed by atoms with Crippen molar-refractivity contribution >= 4 is 35.0 Å². The zero-order valence-corrected chi connectivity index (χ0v) is 24.8. The number of hydrogen-bond acceptors (Lipinski definition) is 10. The molecule has 1 aliphatic rings. The predicted molar refractivity (Wildman–Crippen MR) is 158 cm³/mol. The number of non-ortho nitro benzene ring substituents is 1. The number of nitro groups is 1. The SMILES string of the molecule is CCOC(=O)C(N)C(=O)C(=O)C(COCc1ccccc1)NC(=O)C(C)(NC(=O)c1cccc([N+](=O)[O-])c1)C1CCCCC1.